The van der Waals surface area contributed by atoms with Crippen LogP contribution >= 0.6 is 0 Å². The Kier molecular flexibility index (Phi) is 8.06. The maximum absolute atomic E-state index is 13.5. The van der Waals surface area contributed by atoms with E-state index in [0.717, 1.165) is 53.3 Å². The van der Waals surface area contributed by atoms with Gasteiger partial charge in [-0.1, -0.05) is 73.9 Å². The van der Waals surface area contributed by atoms with Crippen LogP contribution in [-0.4, -0.2) is 47.8 Å². The first kappa shape index (κ1) is 26.0. The van der Waals surface area contributed by atoms with Gasteiger partial charge in [-0.3, -0.25) is 14.4 Å². The van der Waals surface area contributed by atoms with Crippen molar-refractivity contribution in [3.63, 3.8) is 0 Å². The Balaban J connectivity index is 1.23. The minimum Gasteiger partial charge on any atom is -0.352 e. The highest BCUT2D eigenvalue weighted by atomic mass is 16.2. The van der Waals surface area contributed by atoms with Gasteiger partial charge < -0.3 is 15.1 Å². The van der Waals surface area contributed by atoms with Crippen molar-refractivity contribution in [3.05, 3.63) is 77.9 Å². The van der Waals surface area contributed by atoms with Crippen molar-refractivity contribution in [1.29, 1.82) is 0 Å². The zero-order valence-electron chi connectivity index (χ0n) is 22.2. The molecule has 3 aromatic carbocycles. The number of amides is 3. The molecule has 0 saturated heterocycles. The molecule has 1 aliphatic carbocycles. The van der Waals surface area contributed by atoms with Crippen molar-refractivity contribution in [2.24, 2.45) is 0 Å². The van der Waals surface area contributed by atoms with Crippen LogP contribution in [0.25, 0.3) is 10.8 Å². The number of rotatable bonds is 10. The van der Waals surface area contributed by atoms with Crippen LogP contribution < -0.4 is 10.2 Å². The summed E-state index contributed by atoms with van der Waals surface area (Å²) in [6.45, 7) is 2.78. The molecule has 0 radical (unpaired) electrons. The van der Waals surface area contributed by atoms with Crippen LogP contribution in [0.1, 0.15) is 67.8 Å². The van der Waals surface area contributed by atoms with Crippen molar-refractivity contribution in [3.8, 4) is 0 Å². The predicted molar refractivity (Wildman–Crippen MR) is 151 cm³/mol. The first-order chi connectivity index (χ1) is 18.5. The zero-order chi connectivity index (χ0) is 26.5. The molecular weight excluding hydrogens is 474 g/mol. The number of hydrogen-bond acceptors (Lipinski definition) is 3. The molecule has 1 heterocycles. The van der Waals surface area contributed by atoms with Gasteiger partial charge in [0, 0.05) is 36.5 Å². The molecule has 1 atom stereocenters. The first-order valence-electron chi connectivity index (χ1n) is 14.0. The third kappa shape index (κ3) is 5.59. The highest BCUT2D eigenvalue weighted by molar-refractivity contribution is 6.25. The van der Waals surface area contributed by atoms with Crippen LogP contribution in [0.3, 0.4) is 0 Å². The molecular formula is C32H37N3O3. The summed E-state index contributed by atoms with van der Waals surface area (Å²) in [5.74, 6) is -0.129. The molecule has 6 nitrogen and oxygen atoms in total. The molecule has 0 bridgehead atoms. The summed E-state index contributed by atoms with van der Waals surface area (Å²) in [7, 11) is 0. The van der Waals surface area contributed by atoms with E-state index in [9.17, 15) is 14.4 Å². The Hall–Kier alpha value is -3.67. The second-order valence-electron chi connectivity index (χ2n) is 10.6. The van der Waals surface area contributed by atoms with Crippen LogP contribution in [0, 0.1) is 0 Å². The smallest absolute Gasteiger partial charge is 0.258 e. The van der Waals surface area contributed by atoms with Crippen molar-refractivity contribution < 1.29 is 14.4 Å². The maximum Gasteiger partial charge on any atom is 0.258 e. The minimum atomic E-state index is -0.542. The molecule has 3 aromatic rings. The Morgan fingerprint density at radius 2 is 1.71 bits per heavy atom. The molecule has 198 valence electrons. The molecule has 38 heavy (non-hydrogen) atoms. The lowest BCUT2D eigenvalue weighted by molar-refractivity contribution is -0.140. The standard InChI is InChI=1S/C32H37N3O3/c1-23(31(37)33-26-15-6-3-7-16-26)34(22-20-24-11-4-2-5-12-24)29(36)19-10-21-35-28-18-9-14-25-13-8-17-27(30(25)28)32(35)38/h2,4-5,8-9,11-14,17-18,23,26H,3,6-7,10,15-16,19-22H2,1H3,(H,33,37). The third-order valence-electron chi connectivity index (χ3n) is 8.02. The van der Waals surface area contributed by atoms with Gasteiger partial charge in [-0.25, -0.2) is 0 Å². The lowest BCUT2D eigenvalue weighted by Crippen LogP contribution is -2.51. The number of nitrogens with one attached hydrogen (secondary N) is 1. The molecule has 3 amide bonds. The monoisotopic (exact) mass is 511 g/mol. The van der Waals surface area contributed by atoms with Gasteiger partial charge in [0.15, 0.2) is 0 Å². The summed E-state index contributed by atoms with van der Waals surface area (Å²) >= 11 is 0. The van der Waals surface area contributed by atoms with Gasteiger partial charge in [0.25, 0.3) is 5.91 Å². The molecule has 1 aliphatic heterocycles. The van der Waals surface area contributed by atoms with E-state index in [2.05, 4.69) is 5.32 Å². The molecule has 0 spiro atoms. The second kappa shape index (κ2) is 11.8. The molecule has 2 aliphatic rings. The Morgan fingerprint density at radius 3 is 2.47 bits per heavy atom. The number of carbonyl (C=O) groups is 3. The van der Waals surface area contributed by atoms with Crippen LogP contribution in [0.4, 0.5) is 5.69 Å². The quantitative estimate of drug-likeness (QED) is 0.391. The SMILES string of the molecule is CC(C(=O)NC1CCCCC1)N(CCc1ccccc1)C(=O)CCCN1C(=O)c2cccc3cccc1c23. The summed E-state index contributed by atoms with van der Waals surface area (Å²) in [5.41, 5.74) is 2.78. The Bertz CT molecular complexity index is 1290. The Labute approximate surface area is 225 Å². The molecule has 0 aromatic heterocycles. The summed E-state index contributed by atoms with van der Waals surface area (Å²) in [6.07, 6.45) is 7.04. The second-order valence-corrected chi connectivity index (χ2v) is 10.6. The van der Waals surface area contributed by atoms with Crippen molar-refractivity contribution in [1.82, 2.24) is 10.2 Å². The van der Waals surface area contributed by atoms with Crippen LogP contribution in [0.15, 0.2) is 66.7 Å². The van der Waals surface area contributed by atoms with Gasteiger partial charge in [-0.2, -0.15) is 0 Å². The predicted octanol–water partition coefficient (Wildman–Crippen LogP) is 5.49. The fourth-order valence-corrected chi connectivity index (χ4v) is 5.87. The number of benzene rings is 3. The number of hydrogen-bond donors (Lipinski definition) is 1. The molecule has 1 saturated carbocycles. The third-order valence-corrected chi connectivity index (χ3v) is 8.02. The average molecular weight is 512 g/mol. The van der Waals surface area contributed by atoms with Crippen molar-refractivity contribution >= 4 is 34.2 Å². The largest absolute Gasteiger partial charge is 0.352 e. The van der Waals surface area contributed by atoms with E-state index in [1.165, 1.54) is 6.42 Å². The average Bonchev–Trinajstić information content (AvgIpc) is 3.22. The Morgan fingerprint density at radius 1 is 0.974 bits per heavy atom. The van der Waals surface area contributed by atoms with Gasteiger partial charge in [0.05, 0.1) is 5.69 Å². The minimum absolute atomic E-state index is 0.00888. The van der Waals surface area contributed by atoms with Gasteiger partial charge in [-0.05, 0) is 55.7 Å². The number of nitrogens with zero attached hydrogens (tertiary/aromatic N) is 2. The fourth-order valence-electron chi connectivity index (χ4n) is 5.87. The van der Waals surface area contributed by atoms with E-state index >= 15 is 0 Å². The van der Waals surface area contributed by atoms with E-state index in [1.807, 2.05) is 73.7 Å². The van der Waals surface area contributed by atoms with Gasteiger partial charge in [0.2, 0.25) is 11.8 Å². The molecule has 5 rings (SSSR count). The van der Waals surface area contributed by atoms with Crippen LogP contribution in [0.5, 0.6) is 0 Å². The summed E-state index contributed by atoms with van der Waals surface area (Å²) in [6, 6.07) is 21.5. The normalized spacial score (nSPS) is 16.0. The van der Waals surface area contributed by atoms with Gasteiger partial charge in [0.1, 0.15) is 6.04 Å². The van der Waals surface area contributed by atoms with Crippen LogP contribution in [-0.2, 0) is 16.0 Å². The molecule has 1 N–H and O–H groups in total. The highest BCUT2D eigenvalue weighted by Crippen LogP contribution is 2.37. The summed E-state index contributed by atoms with van der Waals surface area (Å²) in [5, 5.41) is 5.24. The first-order valence-corrected chi connectivity index (χ1v) is 14.0. The topological polar surface area (TPSA) is 69.7 Å². The highest BCUT2D eigenvalue weighted by Gasteiger charge is 2.31. The van der Waals surface area contributed by atoms with Crippen molar-refractivity contribution in [2.45, 2.75) is 70.4 Å². The van der Waals surface area contributed by atoms with Gasteiger partial charge >= 0.3 is 0 Å². The fraction of sp³-hybridized carbons (Fsp3) is 0.406. The number of carbonyl (C=O) groups excluding carboxylic acids is 3. The van der Waals surface area contributed by atoms with E-state index in [1.54, 1.807) is 9.80 Å². The van der Waals surface area contributed by atoms with Gasteiger partial charge in [-0.15, -0.1) is 0 Å². The molecule has 1 unspecified atom stereocenters. The molecule has 6 heteroatoms. The van der Waals surface area contributed by atoms with Crippen molar-refractivity contribution in [2.75, 3.05) is 18.0 Å². The maximum atomic E-state index is 13.5. The van der Waals surface area contributed by atoms with E-state index < -0.39 is 6.04 Å². The van der Waals surface area contributed by atoms with E-state index in [0.29, 0.717) is 25.9 Å². The number of anilines is 1. The molecule has 1 fully saturated rings. The zero-order valence-corrected chi connectivity index (χ0v) is 22.2. The summed E-state index contributed by atoms with van der Waals surface area (Å²) in [4.78, 5) is 43.3. The van der Waals surface area contributed by atoms with E-state index in [-0.39, 0.29) is 30.2 Å². The lowest BCUT2D eigenvalue weighted by Gasteiger charge is -2.31. The van der Waals surface area contributed by atoms with Crippen LogP contribution in [0.2, 0.25) is 0 Å². The lowest BCUT2D eigenvalue weighted by atomic mass is 9.95. The summed E-state index contributed by atoms with van der Waals surface area (Å²) < 4.78 is 0. The van der Waals surface area contributed by atoms with E-state index in [4.69, 9.17) is 0 Å².